The van der Waals surface area contributed by atoms with Crippen molar-refractivity contribution in [3.05, 3.63) is 47.5 Å². The number of rotatable bonds is 7. The summed E-state index contributed by atoms with van der Waals surface area (Å²) in [4.78, 5) is 30.6. The maximum Gasteiger partial charge on any atom is 0.257 e. The van der Waals surface area contributed by atoms with Gasteiger partial charge in [-0.15, -0.1) is 0 Å². The molecule has 0 aromatic heterocycles. The van der Waals surface area contributed by atoms with E-state index >= 15 is 0 Å². The predicted octanol–water partition coefficient (Wildman–Crippen LogP) is 5.22. The van der Waals surface area contributed by atoms with Crippen LogP contribution in [0.4, 0.5) is 0 Å². The van der Waals surface area contributed by atoms with Gasteiger partial charge in [0.15, 0.2) is 11.5 Å². The molecule has 2 amide bonds. The molecule has 214 valence electrons. The van der Waals surface area contributed by atoms with E-state index in [1.54, 1.807) is 26.2 Å². The number of carbonyl (C=O) groups is 2. The summed E-state index contributed by atoms with van der Waals surface area (Å²) < 4.78 is 22.8. The van der Waals surface area contributed by atoms with E-state index in [2.05, 4.69) is 13.8 Å². The van der Waals surface area contributed by atoms with Crippen LogP contribution in [0.3, 0.4) is 0 Å². The number of carbonyl (C=O) groups excluding carboxylic acids is 2. The molecule has 1 aliphatic rings. The van der Waals surface area contributed by atoms with Crippen LogP contribution in [-0.2, 0) is 11.2 Å². The van der Waals surface area contributed by atoms with Crippen molar-refractivity contribution in [2.45, 2.75) is 58.4 Å². The van der Waals surface area contributed by atoms with Crippen molar-refractivity contribution in [2.75, 3.05) is 48.1 Å². The van der Waals surface area contributed by atoms with Crippen LogP contribution in [0.2, 0.25) is 0 Å². The molecular weight excluding hydrogens is 496 g/mol. The molecule has 0 saturated carbocycles. The number of hydrogen-bond donors (Lipinski definition) is 0. The van der Waals surface area contributed by atoms with Gasteiger partial charge >= 0.3 is 0 Å². The van der Waals surface area contributed by atoms with E-state index < -0.39 is 0 Å². The molecule has 0 spiro atoms. The SMILES string of the molecule is COc1ccc(CCC(=O)N2CCCCCCN(C)C(=O)c3ccccc3OC[C@@H]2C(C)C)c(OC)c1OC. The number of para-hydroxylation sites is 1. The molecule has 0 fully saturated rings. The molecule has 1 aliphatic heterocycles. The molecule has 3 rings (SSSR count). The Bertz CT molecular complexity index is 1100. The summed E-state index contributed by atoms with van der Waals surface area (Å²) in [6.45, 7) is 5.90. The first-order valence-corrected chi connectivity index (χ1v) is 13.9. The third-order valence-corrected chi connectivity index (χ3v) is 7.40. The minimum atomic E-state index is -0.131. The Morgan fingerprint density at radius 2 is 1.64 bits per heavy atom. The van der Waals surface area contributed by atoms with Crippen molar-refractivity contribution in [3.63, 3.8) is 0 Å². The number of nitrogens with zero attached hydrogens (tertiary/aromatic N) is 2. The lowest BCUT2D eigenvalue weighted by molar-refractivity contribution is -0.135. The molecule has 1 atom stereocenters. The van der Waals surface area contributed by atoms with Gasteiger partial charge in [-0.3, -0.25) is 9.59 Å². The van der Waals surface area contributed by atoms with Crippen LogP contribution in [-0.4, -0.2) is 75.7 Å². The minimum Gasteiger partial charge on any atom is -0.493 e. The number of benzene rings is 2. The topological polar surface area (TPSA) is 77.5 Å². The van der Waals surface area contributed by atoms with Gasteiger partial charge in [0.1, 0.15) is 12.4 Å². The quantitative estimate of drug-likeness (QED) is 0.479. The van der Waals surface area contributed by atoms with Gasteiger partial charge in [-0.25, -0.2) is 0 Å². The van der Waals surface area contributed by atoms with Crippen LogP contribution >= 0.6 is 0 Å². The third-order valence-electron chi connectivity index (χ3n) is 7.40. The second-order valence-electron chi connectivity index (χ2n) is 10.3. The molecule has 8 nitrogen and oxygen atoms in total. The average molecular weight is 541 g/mol. The molecule has 0 saturated heterocycles. The van der Waals surface area contributed by atoms with E-state index in [-0.39, 0.29) is 23.8 Å². The summed E-state index contributed by atoms with van der Waals surface area (Å²) in [5.74, 6) is 2.45. The highest BCUT2D eigenvalue weighted by atomic mass is 16.5. The number of fused-ring (bicyclic) bond motifs is 1. The summed E-state index contributed by atoms with van der Waals surface area (Å²) in [6.07, 6.45) is 4.67. The van der Waals surface area contributed by atoms with Crippen molar-refractivity contribution in [2.24, 2.45) is 5.92 Å². The molecule has 2 aromatic carbocycles. The first kappa shape index (κ1) is 30.1. The monoisotopic (exact) mass is 540 g/mol. The molecule has 2 aromatic rings. The maximum absolute atomic E-state index is 13.8. The number of hydrogen-bond acceptors (Lipinski definition) is 6. The van der Waals surface area contributed by atoms with Crippen molar-refractivity contribution < 1.29 is 28.5 Å². The molecule has 1 heterocycles. The summed E-state index contributed by atoms with van der Waals surface area (Å²) in [5, 5.41) is 0. The molecule has 0 N–H and O–H groups in total. The van der Waals surface area contributed by atoms with E-state index in [9.17, 15) is 9.59 Å². The van der Waals surface area contributed by atoms with Gasteiger partial charge in [0, 0.05) is 26.6 Å². The Labute approximate surface area is 233 Å². The zero-order valence-electron chi connectivity index (χ0n) is 24.3. The van der Waals surface area contributed by atoms with Crippen LogP contribution in [0.15, 0.2) is 36.4 Å². The summed E-state index contributed by atoms with van der Waals surface area (Å²) in [6, 6.07) is 11.0. The molecular formula is C31H44N2O6. The van der Waals surface area contributed by atoms with Crippen molar-refractivity contribution in [1.29, 1.82) is 0 Å². The molecule has 0 radical (unpaired) electrons. The van der Waals surface area contributed by atoms with Gasteiger partial charge in [0.25, 0.3) is 5.91 Å². The van der Waals surface area contributed by atoms with Crippen LogP contribution in [0.5, 0.6) is 23.0 Å². The van der Waals surface area contributed by atoms with Gasteiger partial charge in [0.2, 0.25) is 11.7 Å². The standard InChI is InChI=1S/C31H44N2O6/c1-22(2)25-21-39-26-14-10-9-13-24(26)31(35)32(3)19-11-7-8-12-20-33(25)28(34)18-16-23-15-17-27(36-4)30(38-6)29(23)37-5/h9-10,13-15,17,22,25H,7-8,11-12,16,18-21H2,1-6H3/t25-/m1/s1. The smallest absolute Gasteiger partial charge is 0.257 e. The average Bonchev–Trinajstić information content (AvgIpc) is 2.94. The lowest BCUT2D eigenvalue weighted by Gasteiger charge is -2.35. The Kier molecular flexibility index (Phi) is 11.3. The second kappa shape index (κ2) is 14.7. The fourth-order valence-corrected chi connectivity index (χ4v) is 5.10. The highest BCUT2D eigenvalue weighted by molar-refractivity contribution is 5.96. The lowest BCUT2D eigenvalue weighted by Crippen LogP contribution is -2.47. The zero-order valence-corrected chi connectivity index (χ0v) is 24.3. The molecule has 0 bridgehead atoms. The third kappa shape index (κ3) is 7.58. The molecule has 8 heteroatoms. The summed E-state index contributed by atoms with van der Waals surface area (Å²) >= 11 is 0. The van der Waals surface area contributed by atoms with Crippen molar-refractivity contribution in [1.82, 2.24) is 9.80 Å². The van der Waals surface area contributed by atoms with E-state index in [0.29, 0.717) is 61.1 Å². The Hall–Kier alpha value is -3.42. The van der Waals surface area contributed by atoms with Gasteiger partial charge in [0.05, 0.1) is 32.9 Å². The van der Waals surface area contributed by atoms with Gasteiger partial charge in [-0.2, -0.15) is 0 Å². The summed E-state index contributed by atoms with van der Waals surface area (Å²) in [5.41, 5.74) is 1.44. The van der Waals surface area contributed by atoms with Crippen molar-refractivity contribution in [3.8, 4) is 23.0 Å². The van der Waals surface area contributed by atoms with Gasteiger partial charge < -0.3 is 28.7 Å². The highest BCUT2D eigenvalue weighted by Gasteiger charge is 2.28. The van der Waals surface area contributed by atoms with E-state index in [0.717, 1.165) is 31.2 Å². The zero-order chi connectivity index (χ0) is 28.4. The van der Waals surface area contributed by atoms with Crippen LogP contribution in [0.1, 0.15) is 61.9 Å². The Balaban J connectivity index is 1.84. The van der Waals surface area contributed by atoms with Crippen LogP contribution in [0, 0.1) is 5.92 Å². The first-order chi connectivity index (χ1) is 18.8. The van der Waals surface area contributed by atoms with Crippen molar-refractivity contribution >= 4 is 11.8 Å². The Morgan fingerprint density at radius 3 is 2.31 bits per heavy atom. The van der Waals surface area contributed by atoms with Crippen LogP contribution < -0.4 is 18.9 Å². The first-order valence-electron chi connectivity index (χ1n) is 13.9. The fraction of sp³-hybridized carbons (Fsp3) is 0.548. The lowest BCUT2D eigenvalue weighted by atomic mass is 10.0. The molecule has 0 aliphatic carbocycles. The predicted molar refractivity (Wildman–Crippen MR) is 152 cm³/mol. The maximum atomic E-state index is 13.8. The van der Waals surface area contributed by atoms with E-state index in [4.69, 9.17) is 18.9 Å². The largest absolute Gasteiger partial charge is 0.493 e. The van der Waals surface area contributed by atoms with Gasteiger partial charge in [-0.1, -0.05) is 44.9 Å². The number of aryl methyl sites for hydroxylation is 1. The number of amides is 2. The normalized spacial score (nSPS) is 17.2. The number of methoxy groups -OCH3 is 3. The highest BCUT2D eigenvalue weighted by Crippen LogP contribution is 2.40. The second-order valence-corrected chi connectivity index (χ2v) is 10.3. The molecule has 0 unspecified atom stereocenters. The van der Waals surface area contributed by atoms with Crippen LogP contribution in [0.25, 0.3) is 0 Å². The minimum absolute atomic E-state index is 0.0412. The van der Waals surface area contributed by atoms with E-state index in [1.165, 1.54) is 0 Å². The van der Waals surface area contributed by atoms with Gasteiger partial charge in [-0.05, 0) is 48.9 Å². The Morgan fingerprint density at radius 1 is 0.949 bits per heavy atom. The summed E-state index contributed by atoms with van der Waals surface area (Å²) in [7, 11) is 6.60. The van der Waals surface area contributed by atoms with E-state index in [1.807, 2.05) is 48.3 Å². The number of ether oxygens (including phenoxy) is 4. The molecule has 39 heavy (non-hydrogen) atoms. The fourth-order valence-electron chi connectivity index (χ4n) is 5.10.